The predicted molar refractivity (Wildman–Crippen MR) is 116 cm³/mol. The van der Waals surface area contributed by atoms with Crippen molar-refractivity contribution in [3.8, 4) is 0 Å². The summed E-state index contributed by atoms with van der Waals surface area (Å²) in [5, 5.41) is 3.06. The zero-order valence-corrected chi connectivity index (χ0v) is 17.0. The van der Waals surface area contributed by atoms with Gasteiger partial charge in [0, 0.05) is 5.69 Å². The van der Waals surface area contributed by atoms with Crippen LogP contribution in [0.1, 0.15) is 30.9 Å². The minimum Gasteiger partial charge on any atom is -0.350 e. The number of carbonyl (C=O) groups is 2. The van der Waals surface area contributed by atoms with Crippen LogP contribution in [0.3, 0.4) is 0 Å². The molecule has 1 aliphatic heterocycles. The molecule has 3 aromatic rings. The number of halogens is 2. The van der Waals surface area contributed by atoms with E-state index in [1.807, 2.05) is 24.3 Å². The third kappa shape index (κ3) is 3.97. The fraction of sp³-hybridized carbons (Fsp3) is 0.120. The van der Waals surface area contributed by atoms with Crippen molar-refractivity contribution in [1.29, 1.82) is 0 Å². The lowest BCUT2D eigenvalue weighted by Crippen LogP contribution is -2.32. The van der Waals surface area contributed by atoms with Crippen molar-refractivity contribution in [2.45, 2.75) is 19.8 Å². The molecule has 4 rings (SSSR count). The van der Waals surface area contributed by atoms with Crippen molar-refractivity contribution in [3.05, 3.63) is 101 Å². The van der Waals surface area contributed by atoms with E-state index >= 15 is 0 Å². The highest BCUT2D eigenvalue weighted by Gasteiger charge is 2.40. The molecule has 0 atom stereocenters. The molecule has 156 valence electrons. The van der Waals surface area contributed by atoms with Crippen LogP contribution in [0.2, 0.25) is 0 Å². The quantitative estimate of drug-likeness (QED) is 0.558. The Hall–Kier alpha value is -3.80. The highest BCUT2D eigenvalue weighted by Crippen LogP contribution is 2.34. The topological polar surface area (TPSA) is 49.4 Å². The van der Waals surface area contributed by atoms with E-state index in [4.69, 9.17) is 0 Å². The van der Waals surface area contributed by atoms with Gasteiger partial charge in [0.1, 0.15) is 17.3 Å². The number of nitrogens with zero attached hydrogens (tertiary/aromatic N) is 1. The van der Waals surface area contributed by atoms with Crippen LogP contribution >= 0.6 is 0 Å². The van der Waals surface area contributed by atoms with Gasteiger partial charge < -0.3 is 5.32 Å². The van der Waals surface area contributed by atoms with Crippen molar-refractivity contribution >= 4 is 28.8 Å². The average molecular weight is 418 g/mol. The maximum atomic E-state index is 13.4. The van der Waals surface area contributed by atoms with Gasteiger partial charge in [-0.2, -0.15) is 0 Å². The number of amides is 2. The molecular formula is C25H20F2N2O2. The zero-order chi connectivity index (χ0) is 22.1. The highest BCUT2D eigenvalue weighted by molar-refractivity contribution is 6.46. The minimum absolute atomic E-state index is 0.0817. The van der Waals surface area contributed by atoms with E-state index in [1.54, 1.807) is 0 Å². The Bertz CT molecular complexity index is 1170. The summed E-state index contributed by atoms with van der Waals surface area (Å²) in [6.07, 6.45) is 0. The molecule has 1 aliphatic rings. The summed E-state index contributed by atoms with van der Waals surface area (Å²) < 4.78 is 26.8. The smallest absolute Gasteiger partial charge is 0.282 e. The van der Waals surface area contributed by atoms with Gasteiger partial charge in [0.15, 0.2) is 0 Å². The summed E-state index contributed by atoms with van der Waals surface area (Å²) in [5.41, 5.74) is 2.65. The average Bonchev–Trinajstić information content (AvgIpc) is 2.99. The SMILES string of the molecule is CC(C)c1ccc(NC2=C(c3ccc(F)cc3)C(=O)N(c3ccc(F)cc3)C2=O)cc1. The maximum Gasteiger partial charge on any atom is 0.282 e. The largest absolute Gasteiger partial charge is 0.350 e. The molecule has 0 bridgehead atoms. The second-order valence-corrected chi connectivity index (χ2v) is 7.58. The fourth-order valence-corrected chi connectivity index (χ4v) is 3.45. The summed E-state index contributed by atoms with van der Waals surface area (Å²) in [7, 11) is 0. The number of hydrogen-bond donors (Lipinski definition) is 1. The lowest BCUT2D eigenvalue weighted by molar-refractivity contribution is -0.120. The molecule has 1 heterocycles. The van der Waals surface area contributed by atoms with Gasteiger partial charge in [-0.1, -0.05) is 38.1 Å². The second-order valence-electron chi connectivity index (χ2n) is 7.58. The Morgan fingerprint density at radius 3 is 1.84 bits per heavy atom. The molecule has 0 unspecified atom stereocenters. The first kappa shape index (κ1) is 20.5. The van der Waals surface area contributed by atoms with Crippen LogP contribution in [0, 0.1) is 11.6 Å². The van der Waals surface area contributed by atoms with E-state index in [1.165, 1.54) is 48.5 Å². The van der Waals surface area contributed by atoms with Crippen LogP contribution in [0.25, 0.3) is 5.57 Å². The van der Waals surface area contributed by atoms with E-state index in [9.17, 15) is 18.4 Å². The Balaban J connectivity index is 1.77. The molecule has 6 heteroatoms. The Kier molecular flexibility index (Phi) is 5.38. The van der Waals surface area contributed by atoms with Gasteiger partial charge in [0.25, 0.3) is 11.8 Å². The third-order valence-electron chi connectivity index (χ3n) is 5.15. The van der Waals surface area contributed by atoms with Crippen LogP contribution in [0.4, 0.5) is 20.2 Å². The summed E-state index contributed by atoms with van der Waals surface area (Å²) in [4.78, 5) is 27.5. The van der Waals surface area contributed by atoms with E-state index in [-0.39, 0.29) is 17.0 Å². The monoisotopic (exact) mass is 418 g/mol. The van der Waals surface area contributed by atoms with Crippen molar-refractivity contribution in [2.75, 3.05) is 10.2 Å². The summed E-state index contributed by atoms with van der Waals surface area (Å²) in [6, 6.07) is 18.0. The summed E-state index contributed by atoms with van der Waals surface area (Å²) in [6.45, 7) is 4.16. The summed E-state index contributed by atoms with van der Waals surface area (Å²) in [5.74, 6) is -1.70. The molecule has 4 nitrogen and oxygen atoms in total. The standard InChI is InChI=1S/C25H20F2N2O2/c1-15(2)16-5-11-20(12-6-16)28-23-22(17-3-7-18(26)8-4-17)24(30)29(25(23)31)21-13-9-19(27)10-14-21/h3-15,28H,1-2H3. The molecule has 0 saturated heterocycles. The number of anilines is 2. The molecule has 2 amide bonds. The predicted octanol–water partition coefficient (Wildman–Crippen LogP) is 5.48. The highest BCUT2D eigenvalue weighted by atomic mass is 19.1. The number of rotatable bonds is 5. The van der Waals surface area contributed by atoms with Crippen LogP contribution in [-0.4, -0.2) is 11.8 Å². The molecule has 0 aliphatic carbocycles. The van der Waals surface area contributed by atoms with Gasteiger partial charge in [-0.05, 0) is 65.6 Å². The summed E-state index contributed by atoms with van der Waals surface area (Å²) >= 11 is 0. The van der Waals surface area contributed by atoms with Gasteiger partial charge in [0.05, 0.1) is 11.3 Å². The van der Waals surface area contributed by atoms with Crippen molar-refractivity contribution in [3.63, 3.8) is 0 Å². The maximum absolute atomic E-state index is 13.4. The van der Waals surface area contributed by atoms with E-state index in [0.29, 0.717) is 17.2 Å². The lowest BCUT2D eigenvalue weighted by atomic mass is 10.0. The number of imide groups is 1. The number of benzene rings is 3. The van der Waals surface area contributed by atoms with Crippen molar-refractivity contribution in [2.24, 2.45) is 0 Å². The van der Waals surface area contributed by atoms with Gasteiger partial charge in [-0.25, -0.2) is 13.7 Å². The Morgan fingerprint density at radius 1 is 0.742 bits per heavy atom. The van der Waals surface area contributed by atoms with Crippen LogP contribution in [-0.2, 0) is 9.59 Å². The normalized spacial score (nSPS) is 14.0. The van der Waals surface area contributed by atoms with E-state index in [0.717, 1.165) is 10.5 Å². The molecule has 0 aromatic heterocycles. The van der Waals surface area contributed by atoms with Crippen molar-refractivity contribution in [1.82, 2.24) is 0 Å². The first-order valence-electron chi connectivity index (χ1n) is 9.86. The molecule has 0 fully saturated rings. The molecule has 0 radical (unpaired) electrons. The van der Waals surface area contributed by atoms with Gasteiger partial charge in [0.2, 0.25) is 0 Å². The number of hydrogen-bond acceptors (Lipinski definition) is 3. The van der Waals surface area contributed by atoms with Crippen LogP contribution < -0.4 is 10.2 Å². The minimum atomic E-state index is -0.566. The second kappa shape index (κ2) is 8.14. The third-order valence-corrected chi connectivity index (χ3v) is 5.15. The molecule has 0 spiro atoms. The Labute approximate surface area is 178 Å². The lowest BCUT2D eigenvalue weighted by Gasteiger charge is -2.15. The van der Waals surface area contributed by atoms with Crippen LogP contribution in [0.5, 0.6) is 0 Å². The first-order chi connectivity index (χ1) is 14.8. The van der Waals surface area contributed by atoms with Crippen LogP contribution in [0.15, 0.2) is 78.5 Å². The molecule has 0 saturated carbocycles. The van der Waals surface area contributed by atoms with E-state index < -0.39 is 23.4 Å². The fourth-order valence-electron chi connectivity index (χ4n) is 3.45. The van der Waals surface area contributed by atoms with Gasteiger partial charge >= 0.3 is 0 Å². The van der Waals surface area contributed by atoms with Gasteiger partial charge in [-0.15, -0.1) is 0 Å². The molecule has 31 heavy (non-hydrogen) atoms. The van der Waals surface area contributed by atoms with Crippen molar-refractivity contribution < 1.29 is 18.4 Å². The molecule has 1 N–H and O–H groups in total. The number of carbonyl (C=O) groups excluding carboxylic acids is 2. The molecule has 3 aromatic carbocycles. The Morgan fingerprint density at radius 2 is 1.29 bits per heavy atom. The zero-order valence-electron chi connectivity index (χ0n) is 17.0. The number of nitrogens with one attached hydrogen (secondary N) is 1. The van der Waals surface area contributed by atoms with Gasteiger partial charge in [-0.3, -0.25) is 9.59 Å². The van der Waals surface area contributed by atoms with E-state index in [2.05, 4.69) is 19.2 Å². The first-order valence-corrected chi connectivity index (χ1v) is 9.86. The molecular weight excluding hydrogens is 398 g/mol.